The second kappa shape index (κ2) is 5.83. The number of carbonyl (C=O) groups excluding carboxylic acids is 1. The topological polar surface area (TPSA) is 77.3 Å². The Morgan fingerprint density at radius 3 is 3.20 bits per heavy atom. The number of carbonyl (C=O) groups is 1. The van der Waals surface area contributed by atoms with Gasteiger partial charge >= 0.3 is 0 Å². The van der Waals surface area contributed by atoms with Crippen LogP contribution in [0.3, 0.4) is 0 Å². The van der Waals surface area contributed by atoms with Crippen LogP contribution in [0.5, 0.6) is 0 Å². The van der Waals surface area contributed by atoms with E-state index in [9.17, 15) is 4.79 Å². The van der Waals surface area contributed by atoms with Crippen LogP contribution in [0.4, 0.5) is 0 Å². The van der Waals surface area contributed by atoms with Crippen LogP contribution in [0.15, 0.2) is 35.1 Å². The van der Waals surface area contributed by atoms with Gasteiger partial charge in [-0.3, -0.25) is 9.78 Å². The predicted octanol–water partition coefficient (Wildman–Crippen LogP) is 1.53. The maximum atomic E-state index is 11.8. The van der Waals surface area contributed by atoms with Crippen LogP contribution in [-0.2, 0) is 16.1 Å². The molecule has 20 heavy (non-hydrogen) atoms. The van der Waals surface area contributed by atoms with Gasteiger partial charge < -0.3 is 14.6 Å². The van der Waals surface area contributed by atoms with Crippen LogP contribution in [0.25, 0.3) is 11.3 Å². The zero-order chi connectivity index (χ0) is 13.8. The van der Waals surface area contributed by atoms with Crippen LogP contribution in [-0.4, -0.2) is 28.8 Å². The van der Waals surface area contributed by atoms with Gasteiger partial charge in [0.15, 0.2) is 5.76 Å². The van der Waals surface area contributed by atoms with Crippen molar-refractivity contribution in [3.63, 3.8) is 0 Å². The molecule has 1 saturated heterocycles. The summed E-state index contributed by atoms with van der Waals surface area (Å²) in [6, 6.07) is 5.54. The standard InChI is InChI=1S/C14H15N3O3/c18-14(13-4-2-6-19-13)16-9-11-7-12(17-20-11)10-3-1-5-15-8-10/h1,3,5,7-8,13H,2,4,6,9H2,(H,16,18)/t13-/m0/s1. The van der Waals surface area contributed by atoms with E-state index >= 15 is 0 Å². The largest absolute Gasteiger partial charge is 0.368 e. The Morgan fingerprint density at radius 2 is 2.45 bits per heavy atom. The fourth-order valence-corrected chi connectivity index (χ4v) is 2.12. The second-order valence-electron chi connectivity index (χ2n) is 4.64. The molecule has 2 aromatic heterocycles. The maximum absolute atomic E-state index is 11.8. The molecular formula is C14H15N3O3. The molecule has 0 unspecified atom stereocenters. The van der Waals surface area contributed by atoms with E-state index in [1.54, 1.807) is 18.5 Å². The van der Waals surface area contributed by atoms with Crippen LogP contribution in [0, 0.1) is 0 Å². The van der Waals surface area contributed by atoms with E-state index < -0.39 is 0 Å². The van der Waals surface area contributed by atoms with Crippen LogP contribution < -0.4 is 5.32 Å². The molecule has 0 radical (unpaired) electrons. The fourth-order valence-electron chi connectivity index (χ4n) is 2.12. The molecule has 0 aliphatic carbocycles. The highest BCUT2D eigenvalue weighted by atomic mass is 16.5. The minimum Gasteiger partial charge on any atom is -0.368 e. The molecule has 1 fully saturated rings. The SMILES string of the molecule is O=C(NCc1cc(-c2cccnc2)no1)[C@@H]1CCCO1. The number of hydrogen-bond acceptors (Lipinski definition) is 5. The lowest BCUT2D eigenvalue weighted by molar-refractivity contribution is -0.130. The molecule has 2 aromatic rings. The van der Waals surface area contributed by atoms with Crippen molar-refractivity contribution in [1.29, 1.82) is 0 Å². The molecule has 1 atom stereocenters. The zero-order valence-electron chi connectivity index (χ0n) is 10.9. The molecule has 0 bridgehead atoms. The van der Waals surface area contributed by atoms with Crippen molar-refractivity contribution in [3.8, 4) is 11.3 Å². The van der Waals surface area contributed by atoms with Crippen LogP contribution >= 0.6 is 0 Å². The molecule has 1 N–H and O–H groups in total. The first-order valence-corrected chi connectivity index (χ1v) is 6.58. The first kappa shape index (κ1) is 12.8. The molecule has 1 aliphatic rings. The van der Waals surface area contributed by atoms with E-state index in [0.29, 0.717) is 24.6 Å². The average molecular weight is 273 g/mol. The van der Waals surface area contributed by atoms with Crippen molar-refractivity contribution in [1.82, 2.24) is 15.5 Å². The van der Waals surface area contributed by atoms with E-state index in [0.717, 1.165) is 18.4 Å². The number of rotatable bonds is 4. The minimum absolute atomic E-state index is 0.0955. The van der Waals surface area contributed by atoms with Gasteiger partial charge in [0.25, 0.3) is 0 Å². The third-order valence-electron chi connectivity index (χ3n) is 3.18. The summed E-state index contributed by atoms with van der Waals surface area (Å²) in [6.45, 7) is 0.970. The van der Waals surface area contributed by atoms with Gasteiger partial charge in [0.05, 0.1) is 6.54 Å². The number of aromatic nitrogens is 2. The van der Waals surface area contributed by atoms with Crippen LogP contribution in [0.2, 0.25) is 0 Å². The lowest BCUT2D eigenvalue weighted by atomic mass is 10.2. The van der Waals surface area contributed by atoms with Crippen molar-refractivity contribution in [2.24, 2.45) is 0 Å². The van der Waals surface area contributed by atoms with Crippen molar-refractivity contribution in [2.45, 2.75) is 25.5 Å². The molecule has 0 spiro atoms. The Balaban J connectivity index is 1.59. The molecule has 1 amide bonds. The first-order valence-electron chi connectivity index (χ1n) is 6.58. The summed E-state index contributed by atoms with van der Waals surface area (Å²) in [6.07, 6.45) is 4.81. The number of pyridine rings is 1. The Kier molecular flexibility index (Phi) is 3.73. The van der Waals surface area contributed by atoms with Gasteiger partial charge in [-0.2, -0.15) is 0 Å². The number of hydrogen-bond donors (Lipinski definition) is 1. The summed E-state index contributed by atoms with van der Waals surface area (Å²) in [5.41, 5.74) is 1.59. The second-order valence-corrected chi connectivity index (χ2v) is 4.64. The zero-order valence-corrected chi connectivity index (χ0v) is 10.9. The van der Waals surface area contributed by atoms with E-state index in [-0.39, 0.29) is 12.0 Å². The molecule has 0 aromatic carbocycles. The normalized spacial score (nSPS) is 18.1. The molecule has 104 valence electrons. The number of amides is 1. The smallest absolute Gasteiger partial charge is 0.249 e. The van der Waals surface area contributed by atoms with Gasteiger partial charge in [0.1, 0.15) is 11.8 Å². The monoisotopic (exact) mass is 273 g/mol. The summed E-state index contributed by atoms with van der Waals surface area (Å²) in [4.78, 5) is 15.8. The third kappa shape index (κ3) is 2.85. The highest BCUT2D eigenvalue weighted by Gasteiger charge is 2.23. The van der Waals surface area contributed by atoms with E-state index in [1.165, 1.54) is 0 Å². The summed E-state index contributed by atoms with van der Waals surface area (Å²) in [5, 5.41) is 6.76. The average Bonchev–Trinajstić information content (AvgIpc) is 3.17. The molecule has 1 aliphatic heterocycles. The van der Waals surface area contributed by atoms with Crippen LogP contribution in [0.1, 0.15) is 18.6 Å². The third-order valence-corrected chi connectivity index (χ3v) is 3.18. The number of nitrogens with zero attached hydrogens (tertiary/aromatic N) is 2. The first-order chi connectivity index (χ1) is 9.83. The Bertz CT molecular complexity index is 576. The summed E-state index contributed by atoms with van der Waals surface area (Å²) in [7, 11) is 0. The van der Waals surface area contributed by atoms with Gasteiger partial charge in [0.2, 0.25) is 5.91 Å². The molecule has 6 heteroatoms. The van der Waals surface area contributed by atoms with E-state index in [2.05, 4.69) is 15.5 Å². The summed E-state index contributed by atoms with van der Waals surface area (Å²) < 4.78 is 10.5. The Labute approximate surface area is 116 Å². The summed E-state index contributed by atoms with van der Waals surface area (Å²) in [5.74, 6) is 0.511. The Hall–Kier alpha value is -2.21. The maximum Gasteiger partial charge on any atom is 0.249 e. The molecular weight excluding hydrogens is 258 g/mol. The fraction of sp³-hybridized carbons (Fsp3) is 0.357. The Morgan fingerprint density at radius 1 is 1.50 bits per heavy atom. The van der Waals surface area contributed by atoms with Gasteiger partial charge in [-0.05, 0) is 25.0 Å². The molecule has 3 rings (SSSR count). The highest BCUT2D eigenvalue weighted by Crippen LogP contribution is 2.17. The lowest BCUT2D eigenvalue weighted by Crippen LogP contribution is -2.33. The number of ether oxygens (including phenoxy) is 1. The van der Waals surface area contributed by atoms with Crippen molar-refractivity contribution >= 4 is 5.91 Å². The van der Waals surface area contributed by atoms with Crippen molar-refractivity contribution in [2.75, 3.05) is 6.61 Å². The van der Waals surface area contributed by atoms with E-state index in [4.69, 9.17) is 9.26 Å². The number of nitrogens with one attached hydrogen (secondary N) is 1. The van der Waals surface area contributed by atoms with Crippen molar-refractivity contribution < 1.29 is 14.1 Å². The van der Waals surface area contributed by atoms with E-state index in [1.807, 2.05) is 12.1 Å². The van der Waals surface area contributed by atoms with Gasteiger partial charge in [-0.1, -0.05) is 5.16 Å². The molecule has 0 saturated carbocycles. The van der Waals surface area contributed by atoms with Gasteiger partial charge in [0, 0.05) is 30.6 Å². The minimum atomic E-state index is -0.323. The van der Waals surface area contributed by atoms with Gasteiger partial charge in [-0.15, -0.1) is 0 Å². The molecule has 3 heterocycles. The lowest BCUT2D eigenvalue weighted by Gasteiger charge is -2.08. The predicted molar refractivity (Wildman–Crippen MR) is 70.6 cm³/mol. The highest BCUT2D eigenvalue weighted by molar-refractivity contribution is 5.80. The van der Waals surface area contributed by atoms with Gasteiger partial charge in [-0.25, -0.2) is 0 Å². The molecule has 6 nitrogen and oxygen atoms in total. The van der Waals surface area contributed by atoms with Crippen molar-refractivity contribution in [3.05, 3.63) is 36.4 Å². The quantitative estimate of drug-likeness (QED) is 0.914. The summed E-state index contributed by atoms with van der Waals surface area (Å²) >= 11 is 0.